The summed E-state index contributed by atoms with van der Waals surface area (Å²) in [6, 6.07) is 0. The minimum absolute atomic E-state index is 0.362. The second-order valence-electron chi connectivity index (χ2n) is 4.44. The standard InChI is InChI=1S/C13H16N2O2S2/c1-4-5-7(2)18-11-9-8(3)10(13(16)17)19-12(9)15-6-14-11/h6-7H,4-5H2,1-3H3,(H,16,17). The smallest absolute Gasteiger partial charge is 0.346 e. The van der Waals surface area contributed by atoms with Gasteiger partial charge in [0.05, 0.1) is 0 Å². The molecule has 0 radical (unpaired) electrons. The summed E-state index contributed by atoms with van der Waals surface area (Å²) in [7, 11) is 0. The lowest BCUT2D eigenvalue weighted by atomic mass is 10.2. The number of carboxylic acids is 1. The van der Waals surface area contributed by atoms with E-state index < -0.39 is 5.97 Å². The number of carboxylic acid groups (broad SMARTS) is 1. The van der Waals surface area contributed by atoms with Gasteiger partial charge in [-0.1, -0.05) is 20.3 Å². The van der Waals surface area contributed by atoms with Crippen molar-refractivity contribution in [3.63, 3.8) is 0 Å². The zero-order chi connectivity index (χ0) is 14.0. The molecule has 6 heteroatoms. The average Bonchev–Trinajstić information content (AvgIpc) is 2.68. The van der Waals surface area contributed by atoms with Gasteiger partial charge in [0.1, 0.15) is 21.1 Å². The molecule has 0 bridgehead atoms. The van der Waals surface area contributed by atoms with Crippen LogP contribution in [0.25, 0.3) is 10.2 Å². The van der Waals surface area contributed by atoms with Gasteiger partial charge in [-0.05, 0) is 18.9 Å². The Labute approximate surface area is 120 Å². The van der Waals surface area contributed by atoms with Crippen LogP contribution in [0.5, 0.6) is 0 Å². The molecule has 0 saturated heterocycles. The van der Waals surface area contributed by atoms with Gasteiger partial charge in [0, 0.05) is 10.6 Å². The van der Waals surface area contributed by atoms with Gasteiger partial charge in [-0.2, -0.15) is 0 Å². The Kier molecular flexibility index (Phi) is 4.42. The van der Waals surface area contributed by atoms with Crippen LogP contribution < -0.4 is 0 Å². The van der Waals surface area contributed by atoms with E-state index in [1.165, 1.54) is 17.7 Å². The molecule has 2 aromatic heterocycles. The van der Waals surface area contributed by atoms with Crippen molar-refractivity contribution in [2.75, 3.05) is 0 Å². The quantitative estimate of drug-likeness (QED) is 0.668. The van der Waals surface area contributed by atoms with Crippen LogP contribution in [0.4, 0.5) is 0 Å². The zero-order valence-corrected chi connectivity index (χ0v) is 12.8. The van der Waals surface area contributed by atoms with Gasteiger partial charge in [0.25, 0.3) is 0 Å². The van der Waals surface area contributed by atoms with E-state index in [0.29, 0.717) is 10.1 Å². The highest BCUT2D eigenvalue weighted by atomic mass is 32.2. The molecule has 0 saturated carbocycles. The molecule has 0 aliphatic carbocycles. The van der Waals surface area contributed by atoms with E-state index >= 15 is 0 Å². The Hall–Kier alpha value is -1.14. The van der Waals surface area contributed by atoms with Crippen molar-refractivity contribution in [3.8, 4) is 0 Å². The van der Waals surface area contributed by atoms with Gasteiger partial charge in [-0.3, -0.25) is 0 Å². The molecule has 0 aliphatic heterocycles. The molecule has 0 spiro atoms. The fraction of sp³-hybridized carbons (Fsp3) is 0.462. The van der Waals surface area contributed by atoms with E-state index in [9.17, 15) is 9.90 Å². The third-order valence-electron chi connectivity index (χ3n) is 2.89. The first-order valence-corrected chi connectivity index (χ1v) is 7.88. The molecule has 2 heterocycles. The van der Waals surface area contributed by atoms with Gasteiger partial charge in [0.15, 0.2) is 0 Å². The number of hydrogen-bond donors (Lipinski definition) is 1. The summed E-state index contributed by atoms with van der Waals surface area (Å²) in [5, 5.41) is 11.4. The minimum atomic E-state index is -0.891. The highest BCUT2D eigenvalue weighted by Crippen LogP contribution is 2.36. The maximum absolute atomic E-state index is 11.2. The summed E-state index contributed by atoms with van der Waals surface area (Å²) in [4.78, 5) is 20.8. The molecule has 0 fully saturated rings. The Balaban J connectivity index is 2.47. The van der Waals surface area contributed by atoms with Crippen molar-refractivity contribution in [2.24, 2.45) is 0 Å². The number of aromatic carboxylic acids is 1. The number of thioether (sulfide) groups is 1. The van der Waals surface area contributed by atoms with E-state index in [4.69, 9.17) is 0 Å². The first-order chi connectivity index (χ1) is 9.04. The molecule has 0 aliphatic rings. The number of aryl methyl sites for hydroxylation is 1. The summed E-state index contributed by atoms with van der Waals surface area (Å²) in [5.41, 5.74) is 0.777. The molecule has 19 heavy (non-hydrogen) atoms. The molecule has 1 N–H and O–H groups in total. The van der Waals surface area contributed by atoms with Crippen molar-refractivity contribution in [1.82, 2.24) is 9.97 Å². The maximum atomic E-state index is 11.2. The molecular weight excluding hydrogens is 280 g/mol. The van der Waals surface area contributed by atoms with E-state index in [0.717, 1.165) is 33.6 Å². The second kappa shape index (κ2) is 5.88. The highest BCUT2D eigenvalue weighted by Gasteiger charge is 2.19. The number of hydrogen-bond acceptors (Lipinski definition) is 5. The van der Waals surface area contributed by atoms with Crippen LogP contribution >= 0.6 is 23.1 Å². The third-order valence-corrected chi connectivity index (χ3v) is 5.25. The molecule has 1 unspecified atom stereocenters. The highest BCUT2D eigenvalue weighted by molar-refractivity contribution is 8.00. The van der Waals surface area contributed by atoms with Crippen LogP contribution in [0.2, 0.25) is 0 Å². The van der Waals surface area contributed by atoms with Gasteiger partial charge >= 0.3 is 5.97 Å². The summed E-state index contributed by atoms with van der Waals surface area (Å²) in [6.07, 6.45) is 3.77. The predicted molar refractivity (Wildman–Crippen MR) is 79.3 cm³/mol. The van der Waals surface area contributed by atoms with Crippen molar-refractivity contribution < 1.29 is 9.90 Å². The van der Waals surface area contributed by atoms with E-state index in [-0.39, 0.29) is 0 Å². The first-order valence-electron chi connectivity index (χ1n) is 6.18. The second-order valence-corrected chi connectivity index (χ2v) is 6.86. The molecule has 0 amide bonds. The van der Waals surface area contributed by atoms with Crippen molar-refractivity contribution in [2.45, 2.75) is 43.9 Å². The predicted octanol–water partition coefficient (Wildman–Crippen LogP) is 3.98. The SMILES string of the molecule is CCCC(C)Sc1ncnc2sc(C(=O)O)c(C)c12. The summed E-state index contributed by atoms with van der Waals surface area (Å²) in [5.74, 6) is -0.891. The monoisotopic (exact) mass is 296 g/mol. The van der Waals surface area contributed by atoms with Gasteiger partial charge < -0.3 is 5.11 Å². The van der Waals surface area contributed by atoms with Gasteiger partial charge in [0.2, 0.25) is 0 Å². The van der Waals surface area contributed by atoms with Crippen LogP contribution in [0.3, 0.4) is 0 Å². The van der Waals surface area contributed by atoms with E-state index in [2.05, 4.69) is 23.8 Å². The molecule has 4 nitrogen and oxygen atoms in total. The van der Waals surface area contributed by atoms with Gasteiger partial charge in [-0.15, -0.1) is 23.1 Å². The normalized spacial score (nSPS) is 12.8. The first kappa shape index (κ1) is 14.3. The zero-order valence-electron chi connectivity index (χ0n) is 11.1. The van der Waals surface area contributed by atoms with Crippen LogP contribution in [0, 0.1) is 6.92 Å². The van der Waals surface area contributed by atoms with Crippen LogP contribution in [0.1, 0.15) is 41.9 Å². The van der Waals surface area contributed by atoms with Crippen molar-refractivity contribution >= 4 is 39.3 Å². The molecule has 102 valence electrons. The van der Waals surface area contributed by atoms with Crippen molar-refractivity contribution in [3.05, 3.63) is 16.8 Å². The van der Waals surface area contributed by atoms with Crippen LogP contribution in [-0.2, 0) is 0 Å². The Morgan fingerprint density at radius 3 is 2.89 bits per heavy atom. The number of nitrogens with zero attached hydrogens (tertiary/aromatic N) is 2. The number of thiophene rings is 1. The Morgan fingerprint density at radius 2 is 2.26 bits per heavy atom. The topological polar surface area (TPSA) is 63.1 Å². The summed E-state index contributed by atoms with van der Waals surface area (Å²) >= 11 is 2.92. The van der Waals surface area contributed by atoms with Crippen LogP contribution in [0.15, 0.2) is 11.4 Å². The van der Waals surface area contributed by atoms with Gasteiger partial charge in [-0.25, -0.2) is 14.8 Å². The Morgan fingerprint density at radius 1 is 1.53 bits per heavy atom. The number of carbonyl (C=O) groups is 1. The number of aromatic nitrogens is 2. The van der Waals surface area contributed by atoms with Crippen LogP contribution in [-0.4, -0.2) is 26.3 Å². The lowest BCUT2D eigenvalue weighted by molar-refractivity contribution is 0.0701. The third kappa shape index (κ3) is 2.90. The average molecular weight is 296 g/mol. The molecule has 2 aromatic rings. The van der Waals surface area contributed by atoms with Crippen molar-refractivity contribution in [1.29, 1.82) is 0 Å². The molecule has 1 atom stereocenters. The maximum Gasteiger partial charge on any atom is 0.346 e. The summed E-state index contributed by atoms with van der Waals surface area (Å²) in [6.45, 7) is 6.16. The lowest BCUT2D eigenvalue weighted by Crippen LogP contribution is -1.97. The fourth-order valence-electron chi connectivity index (χ4n) is 1.99. The lowest BCUT2D eigenvalue weighted by Gasteiger charge is -2.09. The molecular formula is C13H16N2O2S2. The summed E-state index contributed by atoms with van der Waals surface area (Å²) < 4.78 is 0. The van der Waals surface area contributed by atoms with E-state index in [1.54, 1.807) is 11.8 Å². The van der Waals surface area contributed by atoms with E-state index in [1.807, 2.05) is 6.92 Å². The largest absolute Gasteiger partial charge is 0.477 e. The minimum Gasteiger partial charge on any atom is -0.477 e. The fourth-order valence-corrected chi connectivity index (χ4v) is 4.25. The molecule has 0 aromatic carbocycles. The molecule has 2 rings (SSSR count). The number of fused-ring (bicyclic) bond motifs is 1. The Bertz CT molecular complexity index is 610. The number of rotatable bonds is 5.